The molecule has 3 amide bonds. The van der Waals surface area contributed by atoms with Gasteiger partial charge in [0, 0.05) is 45.9 Å². The second-order valence-corrected chi connectivity index (χ2v) is 7.23. The molecule has 1 unspecified atom stereocenters. The lowest BCUT2D eigenvalue weighted by molar-refractivity contribution is -0.174. The summed E-state index contributed by atoms with van der Waals surface area (Å²) in [4.78, 5) is 28.4. The SMILES string of the molecule is CC(C(=O)NC(=O)NCc1ccccc1)N1CCN(CCCOCC(F)(F)F)CC1. The van der Waals surface area contributed by atoms with Crippen molar-refractivity contribution in [3.8, 4) is 0 Å². The van der Waals surface area contributed by atoms with Crippen molar-refractivity contribution < 1.29 is 27.5 Å². The number of piperazine rings is 1. The van der Waals surface area contributed by atoms with Gasteiger partial charge >= 0.3 is 12.2 Å². The second-order valence-electron chi connectivity index (χ2n) is 7.23. The molecule has 1 aromatic carbocycles. The molecular formula is C20H29F3N4O3. The number of rotatable bonds is 9. The number of alkyl halides is 3. The number of nitrogens with one attached hydrogen (secondary N) is 2. The van der Waals surface area contributed by atoms with Crippen LogP contribution >= 0.6 is 0 Å². The predicted molar refractivity (Wildman–Crippen MR) is 106 cm³/mol. The average molecular weight is 430 g/mol. The number of urea groups is 1. The summed E-state index contributed by atoms with van der Waals surface area (Å²) in [6, 6.07) is 8.41. The number of benzene rings is 1. The second kappa shape index (κ2) is 11.9. The first kappa shape index (κ1) is 24.1. The van der Waals surface area contributed by atoms with Gasteiger partial charge in [-0.2, -0.15) is 13.2 Å². The van der Waals surface area contributed by atoms with Crippen LogP contribution in [0.25, 0.3) is 0 Å². The highest BCUT2D eigenvalue weighted by atomic mass is 19.4. The fourth-order valence-corrected chi connectivity index (χ4v) is 3.16. The van der Waals surface area contributed by atoms with Gasteiger partial charge in [-0.1, -0.05) is 30.3 Å². The summed E-state index contributed by atoms with van der Waals surface area (Å²) in [7, 11) is 0. The zero-order chi connectivity index (χ0) is 22.0. The minimum absolute atomic E-state index is 0.0661. The molecule has 30 heavy (non-hydrogen) atoms. The third-order valence-corrected chi connectivity index (χ3v) is 4.90. The number of carbonyl (C=O) groups excluding carboxylic acids is 2. The Kier molecular flexibility index (Phi) is 9.54. The number of hydrogen-bond acceptors (Lipinski definition) is 5. The van der Waals surface area contributed by atoms with Crippen molar-refractivity contribution in [1.82, 2.24) is 20.4 Å². The first-order valence-electron chi connectivity index (χ1n) is 9.98. The summed E-state index contributed by atoms with van der Waals surface area (Å²) in [6.07, 6.45) is -3.77. The lowest BCUT2D eigenvalue weighted by atomic mass is 10.2. The van der Waals surface area contributed by atoms with Crippen LogP contribution in [-0.2, 0) is 16.1 Å². The van der Waals surface area contributed by atoms with Crippen molar-refractivity contribution in [1.29, 1.82) is 0 Å². The Morgan fingerprint density at radius 2 is 1.80 bits per heavy atom. The normalized spacial score (nSPS) is 16.8. The van der Waals surface area contributed by atoms with Crippen LogP contribution in [0.4, 0.5) is 18.0 Å². The molecule has 0 aliphatic carbocycles. The molecule has 1 heterocycles. The standard InChI is InChI=1S/C20H29F3N4O3/c1-16(18(28)25-19(29)24-14-17-6-3-2-4-7-17)27-11-9-26(10-12-27)8-5-13-30-15-20(21,22)23/h2-4,6-7,16H,5,8-15H2,1H3,(H2,24,25,28,29). The Bertz CT molecular complexity index is 665. The Morgan fingerprint density at radius 3 is 2.43 bits per heavy atom. The first-order valence-corrected chi connectivity index (χ1v) is 9.98. The lowest BCUT2D eigenvalue weighted by Crippen LogP contribution is -2.55. The molecule has 2 rings (SSSR count). The Hall–Kier alpha value is -2.17. The Balaban J connectivity index is 1.61. The third kappa shape index (κ3) is 9.10. The van der Waals surface area contributed by atoms with E-state index in [1.54, 1.807) is 6.92 Å². The zero-order valence-corrected chi connectivity index (χ0v) is 17.1. The largest absolute Gasteiger partial charge is 0.411 e. The minimum atomic E-state index is -4.29. The van der Waals surface area contributed by atoms with Crippen LogP contribution < -0.4 is 10.6 Å². The van der Waals surface area contributed by atoms with Crippen molar-refractivity contribution in [3.05, 3.63) is 35.9 Å². The quantitative estimate of drug-likeness (QED) is 0.587. The van der Waals surface area contributed by atoms with E-state index in [0.717, 1.165) is 5.56 Å². The van der Waals surface area contributed by atoms with Gasteiger partial charge in [-0.3, -0.25) is 15.0 Å². The van der Waals surface area contributed by atoms with Crippen LogP contribution in [-0.4, -0.2) is 79.9 Å². The van der Waals surface area contributed by atoms with Crippen molar-refractivity contribution >= 4 is 11.9 Å². The van der Waals surface area contributed by atoms with Crippen molar-refractivity contribution in [3.63, 3.8) is 0 Å². The van der Waals surface area contributed by atoms with Gasteiger partial charge in [0.1, 0.15) is 6.61 Å². The van der Waals surface area contributed by atoms with Crippen molar-refractivity contribution in [2.24, 2.45) is 0 Å². The smallest absolute Gasteiger partial charge is 0.372 e. The summed E-state index contributed by atoms with van der Waals surface area (Å²) < 4.78 is 40.7. The van der Waals surface area contributed by atoms with E-state index in [4.69, 9.17) is 0 Å². The Labute approximate surface area is 174 Å². The zero-order valence-electron chi connectivity index (χ0n) is 17.1. The molecule has 10 heteroatoms. The summed E-state index contributed by atoms with van der Waals surface area (Å²) in [6.45, 7) is 4.28. The molecule has 0 spiro atoms. The van der Waals surface area contributed by atoms with Crippen LogP contribution in [0.5, 0.6) is 0 Å². The summed E-state index contributed by atoms with van der Waals surface area (Å²) in [5.74, 6) is -0.366. The molecule has 1 saturated heterocycles. The van der Waals surface area contributed by atoms with E-state index in [9.17, 15) is 22.8 Å². The molecule has 0 saturated carbocycles. The molecule has 0 aromatic heterocycles. The number of imide groups is 1. The van der Waals surface area contributed by atoms with Gasteiger partial charge in [-0.15, -0.1) is 0 Å². The number of carbonyl (C=O) groups is 2. The van der Waals surface area contributed by atoms with Gasteiger partial charge in [-0.05, 0) is 18.9 Å². The molecule has 7 nitrogen and oxygen atoms in total. The fraction of sp³-hybridized carbons (Fsp3) is 0.600. The van der Waals surface area contributed by atoms with Gasteiger partial charge in [0.2, 0.25) is 5.91 Å². The van der Waals surface area contributed by atoms with Gasteiger partial charge in [0.15, 0.2) is 0 Å². The van der Waals surface area contributed by atoms with Crippen LogP contribution in [0, 0.1) is 0 Å². The van der Waals surface area contributed by atoms with E-state index in [1.165, 1.54) is 0 Å². The third-order valence-electron chi connectivity index (χ3n) is 4.90. The number of nitrogens with zero attached hydrogens (tertiary/aromatic N) is 2. The summed E-state index contributed by atoms with van der Waals surface area (Å²) in [5.41, 5.74) is 0.938. The van der Waals surface area contributed by atoms with E-state index < -0.39 is 24.9 Å². The van der Waals surface area contributed by atoms with Crippen LogP contribution in [0.2, 0.25) is 0 Å². The van der Waals surface area contributed by atoms with Crippen LogP contribution in [0.15, 0.2) is 30.3 Å². The van der Waals surface area contributed by atoms with Gasteiger partial charge in [-0.25, -0.2) is 4.79 Å². The summed E-state index contributed by atoms with van der Waals surface area (Å²) >= 11 is 0. The molecule has 168 valence electrons. The number of halogens is 3. The van der Waals surface area contributed by atoms with Gasteiger partial charge in [0.25, 0.3) is 0 Å². The lowest BCUT2D eigenvalue weighted by Gasteiger charge is -2.37. The molecule has 1 atom stereocenters. The maximum Gasteiger partial charge on any atom is 0.411 e. The van der Waals surface area contributed by atoms with Gasteiger partial charge < -0.3 is 15.0 Å². The first-order chi connectivity index (χ1) is 14.2. The van der Waals surface area contributed by atoms with E-state index in [1.807, 2.05) is 35.2 Å². The predicted octanol–water partition coefficient (Wildman–Crippen LogP) is 1.99. The maximum absolute atomic E-state index is 12.3. The monoisotopic (exact) mass is 430 g/mol. The summed E-state index contributed by atoms with van der Waals surface area (Å²) in [5, 5.41) is 5.02. The topological polar surface area (TPSA) is 73.9 Å². The maximum atomic E-state index is 12.3. The highest BCUT2D eigenvalue weighted by Crippen LogP contribution is 2.14. The van der Waals surface area contributed by atoms with Crippen molar-refractivity contribution in [2.45, 2.75) is 32.1 Å². The molecule has 1 fully saturated rings. The van der Waals surface area contributed by atoms with Crippen LogP contribution in [0.3, 0.4) is 0 Å². The number of amides is 3. The van der Waals surface area contributed by atoms with E-state index in [0.29, 0.717) is 45.7 Å². The highest BCUT2D eigenvalue weighted by molar-refractivity contribution is 5.96. The average Bonchev–Trinajstić information content (AvgIpc) is 2.72. The highest BCUT2D eigenvalue weighted by Gasteiger charge is 2.28. The minimum Gasteiger partial charge on any atom is -0.372 e. The van der Waals surface area contributed by atoms with Crippen LogP contribution in [0.1, 0.15) is 18.9 Å². The molecular weight excluding hydrogens is 401 g/mol. The Morgan fingerprint density at radius 1 is 1.13 bits per heavy atom. The van der Waals surface area contributed by atoms with E-state index in [-0.39, 0.29) is 12.5 Å². The molecule has 1 aromatic rings. The molecule has 1 aliphatic rings. The molecule has 1 aliphatic heterocycles. The van der Waals surface area contributed by atoms with E-state index in [2.05, 4.69) is 20.3 Å². The van der Waals surface area contributed by atoms with E-state index >= 15 is 0 Å². The molecule has 0 bridgehead atoms. The van der Waals surface area contributed by atoms with Gasteiger partial charge in [0.05, 0.1) is 6.04 Å². The molecule has 2 N–H and O–H groups in total. The van der Waals surface area contributed by atoms with Crippen molar-refractivity contribution in [2.75, 3.05) is 45.9 Å². The molecule has 0 radical (unpaired) electrons. The number of hydrogen-bond donors (Lipinski definition) is 2. The fourth-order valence-electron chi connectivity index (χ4n) is 3.16. The number of ether oxygens (including phenoxy) is 1.